The van der Waals surface area contributed by atoms with E-state index in [1.807, 2.05) is 20.8 Å². The van der Waals surface area contributed by atoms with Crippen LogP contribution >= 0.6 is 12.2 Å². The van der Waals surface area contributed by atoms with Gasteiger partial charge in [0.2, 0.25) is 5.91 Å². The molecule has 0 aromatic rings. The zero-order valence-electron chi connectivity index (χ0n) is 8.46. The zero-order chi connectivity index (χ0) is 10.4. The van der Waals surface area contributed by atoms with E-state index in [0.29, 0.717) is 11.4 Å². The lowest BCUT2D eigenvalue weighted by atomic mass is 10.0. The molecule has 0 aromatic carbocycles. The molecular weight excluding hydrogens is 184 g/mol. The third-order valence-corrected chi connectivity index (χ3v) is 2.02. The molecule has 13 heavy (non-hydrogen) atoms. The summed E-state index contributed by atoms with van der Waals surface area (Å²) in [5, 5.41) is 2.81. The van der Waals surface area contributed by atoms with Crippen molar-refractivity contribution in [1.82, 2.24) is 5.32 Å². The van der Waals surface area contributed by atoms with Crippen molar-refractivity contribution in [1.29, 1.82) is 0 Å². The fourth-order valence-corrected chi connectivity index (χ4v) is 1.37. The van der Waals surface area contributed by atoms with Gasteiger partial charge < -0.3 is 11.1 Å². The van der Waals surface area contributed by atoms with E-state index >= 15 is 0 Å². The Bertz CT molecular complexity index is 192. The van der Waals surface area contributed by atoms with E-state index in [4.69, 9.17) is 18.0 Å². The first kappa shape index (κ1) is 12.4. The molecular formula is C9H18N2OS. The van der Waals surface area contributed by atoms with Crippen LogP contribution in [0.2, 0.25) is 0 Å². The van der Waals surface area contributed by atoms with Crippen LogP contribution in [0, 0.1) is 5.92 Å². The number of nitrogens with two attached hydrogens (primary N) is 1. The topological polar surface area (TPSA) is 55.1 Å². The maximum Gasteiger partial charge on any atom is 0.220 e. The summed E-state index contributed by atoms with van der Waals surface area (Å²) >= 11 is 4.86. The largest absolute Gasteiger partial charge is 0.392 e. The molecule has 3 N–H and O–H groups in total. The molecule has 0 radical (unpaired) electrons. The van der Waals surface area contributed by atoms with Crippen LogP contribution in [0.1, 0.15) is 33.6 Å². The molecule has 0 aliphatic heterocycles. The second kappa shape index (κ2) is 5.91. The van der Waals surface area contributed by atoms with E-state index in [1.54, 1.807) is 0 Å². The minimum atomic E-state index is -0.172. The number of carbonyl (C=O) groups excluding carboxylic acids is 1. The Morgan fingerprint density at radius 1 is 1.54 bits per heavy atom. The molecule has 0 saturated carbocycles. The minimum Gasteiger partial charge on any atom is -0.392 e. The highest BCUT2D eigenvalue weighted by molar-refractivity contribution is 7.80. The smallest absolute Gasteiger partial charge is 0.220 e. The molecule has 0 fully saturated rings. The van der Waals surface area contributed by atoms with Crippen molar-refractivity contribution in [2.45, 2.75) is 39.7 Å². The van der Waals surface area contributed by atoms with Crippen molar-refractivity contribution < 1.29 is 4.79 Å². The first-order chi connectivity index (χ1) is 5.99. The molecule has 0 aliphatic rings. The van der Waals surface area contributed by atoms with Gasteiger partial charge in [-0.05, 0) is 12.3 Å². The van der Waals surface area contributed by atoms with Crippen molar-refractivity contribution in [2.75, 3.05) is 0 Å². The number of thiocarbonyl (C=S) groups is 1. The summed E-state index contributed by atoms with van der Waals surface area (Å²) in [5.74, 6) is 0.271. The van der Waals surface area contributed by atoms with Gasteiger partial charge in [0.25, 0.3) is 0 Å². The molecule has 0 aliphatic carbocycles. The van der Waals surface area contributed by atoms with Crippen LogP contribution in [0.3, 0.4) is 0 Å². The number of carbonyl (C=O) groups is 1. The lowest BCUT2D eigenvalue weighted by Gasteiger charge is -2.20. The predicted octanol–water partition coefficient (Wildman–Crippen LogP) is 1.21. The molecule has 1 amide bonds. The number of hydrogen-bond acceptors (Lipinski definition) is 2. The number of amides is 1. The highest BCUT2D eigenvalue weighted by Gasteiger charge is 2.17. The minimum absolute atomic E-state index is 0.0222. The van der Waals surface area contributed by atoms with Gasteiger partial charge in [0.1, 0.15) is 0 Å². The van der Waals surface area contributed by atoms with E-state index in [1.165, 1.54) is 0 Å². The van der Waals surface area contributed by atoms with Gasteiger partial charge in [-0.2, -0.15) is 0 Å². The standard InChI is InChI=1S/C9H18N2OS/c1-4-5-7(12)11-8(6(2)3)9(10)13/h6,8H,4-5H2,1-3H3,(H2,10,13)(H,11,12). The lowest BCUT2D eigenvalue weighted by Crippen LogP contribution is -2.46. The molecule has 76 valence electrons. The Balaban J connectivity index is 4.10. The van der Waals surface area contributed by atoms with Crippen molar-refractivity contribution >= 4 is 23.1 Å². The fraction of sp³-hybridized carbons (Fsp3) is 0.778. The van der Waals surface area contributed by atoms with Crippen LogP contribution in [-0.2, 0) is 4.79 Å². The molecule has 0 spiro atoms. The van der Waals surface area contributed by atoms with Gasteiger partial charge in [0.05, 0.1) is 11.0 Å². The van der Waals surface area contributed by atoms with E-state index < -0.39 is 0 Å². The summed E-state index contributed by atoms with van der Waals surface area (Å²) in [6.07, 6.45) is 1.37. The van der Waals surface area contributed by atoms with Gasteiger partial charge in [-0.3, -0.25) is 4.79 Å². The van der Waals surface area contributed by atoms with Crippen LogP contribution in [0.5, 0.6) is 0 Å². The number of hydrogen-bond donors (Lipinski definition) is 2. The van der Waals surface area contributed by atoms with Crippen LogP contribution in [0.15, 0.2) is 0 Å². The summed E-state index contributed by atoms with van der Waals surface area (Å²) in [6, 6.07) is -0.172. The van der Waals surface area contributed by atoms with Gasteiger partial charge in [-0.25, -0.2) is 0 Å². The molecule has 0 saturated heterocycles. The van der Waals surface area contributed by atoms with Crippen LogP contribution in [0.25, 0.3) is 0 Å². The summed E-state index contributed by atoms with van der Waals surface area (Å²) < 4.78 is 0. The first-order valence-corrected chi connectivity index (χ1v) is 4.98. The van der Waals surface area contributed by atoms with Gasteiger partial charge in [0, 0.05) is 6.42 Å². The summed E-state index contributed by atoms with van der Waals surface area (Å²) in [7, 11) is 0. The van der Waals surface area contributed by atoms with Gasteiger partial charge in [-0.1, -0.05) is 33.0 Å². The third kappa shape index (κ3) is 4.83. The molecule has 0 rings (SSSR count). The molecule has 4 heteroatoms. The SMILES string of the molecule is CCCC(=O)NC(C(N)=S)C(C)C. The Morgan fingerprint density at radius 3 is 2.38 bits per heavy atom. The van der Waals surface area contributed by atoms with Gasteiger partial charge in [0.15, 0.2) is 0 Å². The van der Waals surface area contributed by atoms with Crippen LogP contribution in [0.4, 0.5) is 0 Å². The zero-order valence-corrected chi connectivity index (χ0v) is 9.28. The first-order valence-electron chi connectivity index (χ1n) is 4.57. The normalized spacial score (nSPS) is 12.6. The fourth-order valence-electron chi connectivity index (χ4n) is 1.04. The molecule has 0 bridgehead atoms. The average Bonchev–Trinajstić information content (AvgIpc) is 1.99. The molecule has 3 nitrogen and oxygen atoms in total. The van der Waals surface area contributed by atoms with E-state index in [9.17, 15) is 4.79 Å². The van der Waals surface area contributed by atoms with Crippen LogP contribution < -0.4 is 11.1 Å². The van der Waals surface area contributed by atoms with E-state index in [0.717, 1.165) is 6.42 Å². The molecule has 0 heterocycles. The highest BCUT2D eigenvalue weighted by Crippen LogP contribution is 2.02. The maximum absolute atomic E-state index is 11.2. The Hall–Kier alpha value is -0.640. The summed E-state index contributed by atoms with van der Waals surface area (Å²) in [6.45, 7) is 5.93. The van der Waals surface area contributed by atoms with Crippen molar-refractivity contribution in [3.05, 3.63) is 0 Å². The number of nitrogens with one attached hydrogen (secondary N) is 1. The van der Waals surface area contributed by atoms with Gasteiger partial charge >= 0.3 is 0 Å². The van der Waals surface area contributed by atoms with E-state index in [2.05, 4.69) is 5.32 Å². The Labute approximate surface area is 85.1 Å². The van der Waals surface area contributed by atoms with Crippen LogP contribution in [-0.4, -0.2) is 16.9 Å². The average molecular weight is 202 g/mol. The van der Waals surface area contributed by atoms with Crippen molar-refractivity contribution in [3.63, 3.8) is 0 Å². The Kier molecular flexibility index (Phi) is 5.62. The molecule has 1 unspecified atom stereocenters. The quantitative estimate of drug-likeness (QED) is 0.659. The second-order valence-electron chi connectivity index (χ2n) is 3.44. The molecule has 1 atom stereocenters. The van der Waals surface area contributed by atoms with Crippen molar-refractivity contribution in [3.8, 4) is 0 Å². The third-order valence-electron chi connectivity index (χ3n) is 1.77. The second-order valence-corrected chi connectivity index (χ2v) is 3.91. The monoisotopic (exact) mass is 202 g/mol. The Morgan fingerprint density at radius 2 is 2.08 bits per heavy atom. The highest BCUT2D eigenvalue weighted by atomic mass is 32.1. The number of rotatable bonds is 5. The summed E-state index contributed by atoms with van der Waals surface area (Å²) in [4.78, 5) is 11.6. The lowest BCUT2D eigenvalue weighted by molar-refractivity contribution is -0.121. The molecule has 0 aromatic heterocycles. The van der Waals surface area contributed by atoms with E-state index in [-0.39, 0.29) is 17.9 Å². The maximum atomic E-state index is 11.2. The van der Waals surface area contributed by atoms with Gasteiger partial charge in [-0.15, -0.1) is 0 Å². The van der Waals surface area contributed by atoms with Crippen molar-refractivity contribution in [2.24, 2.45) is 11.7 Å². The summed E-state index contributed by atoms with van der Waals surface area (Å²) in [5.41, 5.74) is 5.50. The predicted molar refractivity (Wildman–Crippen MR) is 58.5 cm³/mol.